The number of rotatable bonds is 6. The quantitative estimate of drug-likeness (QED) is 0.749. The summed E-state index contributed by atoms with van der Waals surface area (Å²) in [6, 6.07) is 5.19. The van der Waals surface area contributed by atoms with E-state index in [0.717, 1.165) is 23.5 Å². The predicted octanol–water partition coefficient (Wildman–Crippen LogP) is 3.85. The van der Waals surface area contributed by atoms with E-state index >= 15 is 0 Å². The molecule has 0 fully saturated rings. The standard InChI is InChI=1S/C15H19N3O2S.2ClH/c1-10-17-11(9-21-10)4-3-5-15(19)18-14-8-12(20-2)6-7-13(14)16;;/h6-9H,3-5,16H2,1-2H3,(H,18,19);2*1H. The molecule has 0 unspecified atom stereocenters. The average Bonchev–Trinajstić information content (AvgIpc) is 2.87. The molecule has 0 saturated carbocycles. The first kappa shape index (κ1) is 21.5. The normalized spacial score (nSPS) is 9.48. The molecule has 5 nitrogen and oxygen atoms in total. The predicted molar refractivity (Wildman–Crippen MR) is 100 cm³/mol. The summed E-state index contributed by atoms with van der Waals surface area (Å²) in [7, 11) is 1.58. The number of aryl methyl sites for hydroxylation is 2. The Balaban J connectivity index is 0.00000242. The summed E-state index contributed by atoms with van der Waals surface area (Å²) in [6.07, 6.45) is 2.01. The van der Waals surface area contributed by atoms with Gasteiger partial charge in [-0.2, -0.15) is 0 Å². The number of nitrogens with one attached hydrogen (secondary N) is 1. The molecule has 128 valence electrons. The minimum absolute atomic E-state index is 0. The van der Waals surface area contributed by atoms with Crippen LogP contribution in [0.4, 0.5) is 11.4 Å². The van der Waals surface area contributed by atoms with E-state index in [2.05, 4.69) is 10.3 Å². The Bertz CT molecular complexity index is 635. The van der Waals surface area contributed by atoms with Crippen LogP contribution in [0.2, 0.25) is 0 Å². The lowest BCUT2D eigenvalue weighted by atomic mass is 10.2. The lowest BCUT2D eigenvalue weighted by Gasteiger charge is -2.09. The summed E-state index contributed by atoms with van der Waals surface area (Å²) in [5.74, 6) is 0.611. The van der Waals surface area contributed by atoms with Gasteiger partial charge in [0.1, 0.15) is 5.75 Å². The van der Waals surface area contributed by atoms with Crippen molar-refractivity contribution in [1.82, 2.24) is 4.98 Å². The molecule has 2 rings (SSSR count). The van der Waals surface area contributed by atoms with E-state index in [0.29, 0.717) is 23.5 Å². The number of amides is 1. The highest BCUT2D eigenvalue weighted by molar-refractivity contribution is 7.09. The first-order valence-corrected chi connectivity index (χ1v) is 7.61. The molecule has 0 aliphatic rings. The number of aromatic nitrogens is 1. The van der Waals surface area contributed by atoms with Crippen LogP contribution in [0.1, 0.15) is 23.5 Å². The number of hydrogen-bond acceptors (Lipinski definition) is 5. The van der Waals surface area contributed by atoms with Crippen LogP contribution in [-0.4, -0.2) is 18.0 Å². The number of anilines is 2. The smallest absolute Gasteiger partial charge is 0.224 e. The van der Waals surface area contributed by atoms with Gasteiger partial charge in [0.05, 0.1) is 29.2 Å². The van der Waals surface area contributed by atoms with E-state index in [1.54, 1.807) is 36.6 Å². The summed E-state index contributed by atoms with van der Waals surface area (Å²) in [6.45, 7) is 1.98. The van der Waals surface area contributed by atoms with Crippen molar-refractivity contribution >= 4 is 53.4 Å². The van der Waals surface area contributed by atoms with Crippen LogP contribution in [0.5, 0.6) is 5.75 Å². The Morgan fingerprint density at radius 3 is 2.74 bits per heavy atom. The Morgan fingerprint density at radius 2 is 2.13 bits per heavy atom. The van der Waals surface area contributed by atoms with Gasteiger partial charge >= 0.3 is 0 Å². The molecule has 0 aliphatic heterocycles. The highest BCUT2D eigenvalue weighted by Gasteiger charge is 2.07. The molecule has 3 N–H and O–H groups in total. The average molecular weight is 378 g/mol. The van der Waals surface area contributed by atoms with Crippen LogP contribution >= 0.6 is 36.2 Å². The van der Waals surface area contributed by atoms with Gasteiger partial charge in [0, 0.05) is 17.9 Å². The SMILES string of the molecule is COc1ccc(N)c(NC(=O)CCCc2csc(C)n2)c1.Cl.Cl. The van der Waals surface area contributed by atoms with Crippen LogP contribution in [-0.2, 0) is 11.2 Å². The number of nitrogens with two attached hydrogens (primary N) is 1. The van der Waals surface area contributed by atoms with E-state index < -0.39 is 0 Å². The molecule has 0 bridgehead atoms. The lowest BCUT2D eigenvalue weighted by molar-refractivity contribution is -0.116. The number of benzene rings is 1. The Morgan fingerprint density at radius 1 is 1.39 bits per heavy atom. The first-order chi connectivity index (χ1) is 10.1. The zero-order valence-corrected chi connectivity index (χ0v) is 15.4. The summed E-state index contributed by atoms with van der Waals surface area (Å²) in [4.78, 5) is 16.3. The van der Waals surface area contributed by atoms with Gasteiger partial charge in [-0.05, 0) is 31.9 Å². The molecule has 1 amide bonds. The first-order valence-electron chi connectivity index (χ1n) is 6.73. The van der Waals surface area contributed by atoms with E-state index in [1.165, 1.54) is 0 Å². The van der Waals surface area contributed by atoms with E-state index in [9.17, 15) is 4.79 Å². The molecule has 0 saturated heterocycles. The minimum atomic E-state index is -0.0538. The number of carbonyl (C=O) groups is 1. The van der Waals surface area contributed by atoms with Crippen LogP contribution in [0.25, 0.3) is 0 Å². The van der Waals surface area contributed by atoms with Crippen LogP contribution in [0.15, 0.2) is 23.6 Å². The zero-order valence-electron chi connectivity index (χ0n) is 13.0. The zero-order chi connectivity index (χ0) is 15.2. The van der Waals surface area contributed by atoms with Gasteiger partial charge in [-0.25, -0.2) is 4.98 Å². The Hall–Kier alpha value is -1.50. The van der Waals surface area contributed by atoms with Gasteiger partial charge in [-0.1, -0.05) is 0 Å². The molecule has 0 radical (unpaired) electrons. The second kappa shape index (κ2) is 10.3. The summed E-state index contributed by atoms with van der Waals surface area (Å²) in [5, 5.41) is 5.90. The summed E-state index contributed by atoms with van der Waals surface area (Å²) < 4.78 is 5.12. The van der Waals surface area contributed by atoms with Gasteiger partial charge in [-0.3, -0.25) is 4.79 Å². The molecule has 1 aromatic heterocycles. The van der Waals surface area contributed by atoms with E-state index in [-0.39, 0.29) is 30.7 Å². The topological polar surface area (TPSA) is 77.2 Å². The number of ether oxygens (including phenoxy) is 1. The molecule has 8 heteroatoms. The maximum Gasteiger partial charge on any atom is 0.224 e. The van der Waals surface area contributed by atoms with Gasteiger partial charge in [0.2, 0.25) is 5.91 Å². The monoisotopic (exact) mass is 377 g/mol. The van der Waals surface area contributed by atoms with Crippen LogP contribution in [0, 0.1) is 6.92 Å². The maximum absolute atomic E-state index is 11.9. The van der Waals surface area contributed by atoms with Crippen molar-refractivity contribution < 1.29 is 9.53 Å². The van der Waals surface area contributed by atoms with Crippen LogP contribution in [0.3, 0.4) is 0 Å². The number of nitrogen functional groups attached to an aromatic ring is 1. The van der Waals surface area contributed by atoms with Gasteiger partial charge in [-0.15, -0.1) is 36.2 Å². The molecule has 2 aromatic rings. The second-order valence-corrected chi connectivity index (χ2v) is 5.77. The van der Waals surface area contributed by atoms with Crippen molar-refractivity contribution in [2.75, 3.05) is 18.2 Å². The number of nitrogens with zero attached hydrogens (tertiary/aromatic N) is 1. The number of methoxy groups -OCH3 is 1. The highest BCUT2D eigenvalue weighted by atomic mass is 35.5. The van der Waals surface area contributed by atoms with Crippen molar-refractivity contribution in [1.29, 1.82) is 0 Å². The second-order valence-electron chi connectivity index (χ2n) is 4.71. The summed E-state index contributed by atoms with van der Waals surface area (Å²) >= 11 is 1.63. The van der Waals surface area contributed by atoms with Gasteiger partial charge < -0.3 is 15.8 Å². The largest absolute Gasteiger partial charge is 0.497 e. The number of halogens is 2. The highest BCUT2D eigenvalue weighted by Crippen LogP contribution is 2.24. The third-order valence-corrected chi connectivity index (χ3v) is 3.86. The molecule has 0 atom stereocenters. The molecule has 23 heavy (non-hydrogen) atoms. The summed E-state index contributed by atoms with van der Waals surface area (Å²) in [5.41, 5.74) is 8.00. The van der Waals surface area contributed by atoms with Crippen molar-refractivity contribution in [3.63, 3.8) is 0 Å². The molecular weight excluding hydrogens is 357 g/mol. The molecule has 1 heterocycles. The Kier molecular flexibility index (Phi) is 9.64. The molecular formula is C15H21Cl2N3O2S. The number of thiazole rings is 1. The maximum atomic E-state index is 11.9. The lowest BCUT2D eigenvalue weighted by Crippen LogP contribution is -2.13. The van der Waals surface area contributed by atoms with Crippen molar-refractivity contribution in [3.05, 3.63) is 34.3 Å². The molecule has 0 spiro atoms. The minimum Gasteiger partial charge on any atom is -0.497 e. The molecule has 0 aliphatic carbocycles. The van der Waals surface area contributed by atoms with E-state index in [4.69, 9.17) is 10.5 Å². The number of carbonyl (C=O) groups excluding carboxylic acids is 1. The number of hydrogen-bond donors (Lipinski definition) is 2. The van der Waals surface area contributed by atoms with Crippen molar-refractivity contribution in [3.8, 4) is 5.75 Å². The Labute approximate surface area is 152 Å². The fraction of sp³-hybridized carbons (Fsp3) is 0.333. The molecule has 1 aromatic carbocycles. The van der Waals surface area contributed by atoms with Crippen molar-refractivity contribution in [2.45, 2.75) is 26.2 Å². The van der Waals surface area contributed by atoms with Crippen molar-refractivity contribution in [2.24, 2.45) is 0 Å². The fourth-order valence-corrected chi connectivity index (χ4v) is 2.58. The van der Waals surface area contributed by atoms with Crippen LogP contribution < -0.4 is 15.8 Å². The van der Waals surface area contributed by atoms with Gasteiger partial charge in [0.15, 0.2) is 0 Å². The van der Waals surface area contributed by atoms with E-state index in [1.807, 2.05) is 12.3 Å². The third-order valence-electron chi connectivity index (χ3n) is 3.04. The van der Waals surface area contributed by atoms with Gasteiger partial charge in [0.25, 0.3) is 0 Å². The fourth-order valence-electron chi connectivity index (χ4n) is 1.94. The third kappa shape index (κ3) is 6.64.